The number of amides is 2. The van der Waals surface area contributed by atoms with Crippen molar-refractivity contribution in [2.75, 3.05) is 13.2 Å². The summed E-state index contributed by atoms with van der Waals surface area (Å²) in [6.45, 7) is 2.87. The summed E-state index contributed by atoms with van der Waals surface area (Å²) in [6.07, 6.45) is 3.14. The van der Waals surface area contributed by atoms with Crippen LogP contribution < -0.4 is 21.1 Å². The van der Waals surface area contributed by atoms with E-state index in [1.54, 1.807) is 28.9 Å². The molecule has 0 radical (unpaired) electrons. The van der Waals surface area contributed by atoms with Crippen LogP contribution in [0.25, 0.3) is 5.69 Å². The summed E-state index contributed by atoms with van der Waals surface area (Å²) < 4.78 is 7.50. The molecule has 4 rings (SSSR count). The number of ether oxygens (including phenoxy) is 1. The van der Waals surface area contributed by atoms with Gasteiger partial charge in [0.05, 0.1) is 18.0 Å². The lowest BCUT2D eigenvalue weighted by molar-refractivity contribution is 0.0940. The minimum Gasteiger partial charge on any atom is -0.494 e. The van der Waals surface area contributed by atoms with E-state index in [9.17, 15) is 9.59 Å². The van der Waals surface area contributed by atoms with Crippen molar-refractivity contribution in [2.45, 2.75) is 38.6 Å². The van der Waals surface area contributed by atoms with Crippen molar-refractivity contribution < 1.29 is 14.3 Å². The number of nitrogens with zero attached hydrogens (tertiary/aromatic N) is 3. The van der Waals surface area contributed by atoms with Crippen LogP contribution in [0.5, 0.6) is 5.75 Å². The first-order valence-corrected chi connectivity index (χ1v) is 12.0. The SMILES string of the molecule is CCNC(=O)c1ccc(-n2nnc(C(=O)NC3CC3)c2CCCOc2ccc(C(N)=S)cc2)cc1. The average molecular weight is 493 g/mol. The monoisotopic (exact) mass is 492 g/mol. The molecule has 1 heterocycles. The number of rotatable bonds is 11. The molecule has 1 aliphatic rings. The standard InChI is InChI=1S/C25H28N6O3S/c1-2-27-24(32)17-5-11-19(12-6-17)31-21(22(29-30-31)25(33)28-18-9-10-18)4-3-15-34-20-13-7-16(8-14-20)23(26)35/h5-8,11-14,18H,2-4,9-10,15H2,1H3,(H2,26,35)(H,27,32)(H,28,33). The van der Waals surface area contributed by atoms with Gasteiger partial charge in [0.25, 0.3) is 11.8 Å². The highest BCUT2D eigenvalue weighted by Gasteiger charge is 2.27. The Morgan fingerprint density at radius 2 is 1.77 bits per heavy atom. The lowest BCUT2D eigenvalue weighted by atomic mass is 10.1. The van der Waals surface area contributed by atoms with Crippen LogP contribution in [0.2, 0.25) is 0 Å². The van der Waals surface area contributed by atoms with E-state index >= 15 is 0 Å². The number of carbonyl (C=O) groups excluding carboxylic acids is 2. The van der Waals surface area contributed by atoms with E-state index in [1.165, 1.54) is 0 Å². The second kappa shape index (κ2) is 11.1. The normalized spacial score (nSPS) is 12.7. The van der Waals surface area contributed by atoms with Crippen LogP contribution in [0.1, 0.15) is 58.3 Å². The van der Waals surface area contributed by atoms with Crippen LogP contribution in [-0.4, -0.2) is 51.0 Å². The summed E-state index contributed by atoms with van der Waals surface area (Å²) in [7, 11) is 0. The van der Waals surface area contributed by atoms with Crippen LogP contribution in [0.3, 0.4) is 0 Å². The number of hydrogen-bond acceptors (Lipinski definition) is 6. The third-order valence-corrected chi connectivity index (χ3v) is 5.80. The maximum absolute atomic E-state index is 12.8. The molecule has 2 aromatic carbocycles. The number of carbonyl (C=O) groups is 2. The molecule has 0 aliphatic heterocycles. The fourth-order valence-corrected chi connectivity index (χ4v) is 3.69. The Labute approximate surface area is 209 Å². The smallest absolute Gasteiger partial charge is 0.273 e. The predicted octanol–water partition coefficient (Wildman–Crippen LogP) is 2.55. The molecule has 0 unspecified atom stereocenters. The Kier molecular flexibility index (Phi) is 7.71. The average Bonchev–Trinajstić information content (AvgIpc) is 3.57. The van der Waals surface area contributed by atoms with Crippen LogP contribution in [0, 0.1) is 0 Å². The van der Waals surface area contributed by atoms with Crippen molar-refractivity contribution in [1.82, 2.24) is 25.6 Å². The lowest BCUT2D eigenvalue weighted by Gasteiger charge is -2.10. The van der Waals surface area contributed by atoms with Crippen LogP contribution >= 0.6 is 12.2 Å². The molecule has 1 aliphatic carbocycles. The van der Waals surface area contributed by atoms with E-state index in [1.807, 2.05) is 31.2 Å². The fourth-order valence-electron chi connectivity index (χ4n) is 3.55. The zero-order valence-electron chi connectivity index (χ0n) is 19.5. The summed E-state index contributed by atoms with van der Waals surface area (Å²) >= 11 is 4.97. The molecule has 1 saturated carbocycles. The largest absolute Gasteiger partial charge is 0.494 e. The molecular formula is C25H28N6O3S. The van der Waals surface area contributed by atoms with E-state index in [0.29, 0.717) is 53.7 Å². The van der Waals surface area contributed by atoms with Gasteiger partial charge in [-0.25, -0.2) is 4.68 Å². The summed E-state index contributed by atoms with van der Waals surface area (Å²) in [5, 5.41) is 14.2. The Balaban J connectivity index is 1.47. The molecule has 182 valence electrons. The third kappa shape index (κ3) is 6.21. The molecule has 10 heteroatoms. The van der Waals surface area contributed by atoms with Gasteiger partial charge >= 0.3 is 0 Å². The molecule has 4 N–H and O–H groups in total. The number of benzene rings is 2. The van der Waals surface area contributed by atoms with Gasteiger partial charge in [0, 0.05) is 23.7 Å². The van der Waals surface area contributed by atoms with Gasteiger partial charge in [-0.3, -0.25) is 9.59 Å². The molecule has 0 saturated heterocycles. The highest BCUT2D eigenvalue weighted by molar-refractivity contribution is 7.80. The molecule has 0 atom stereocenters. The van der Waals surface area contributed by atoms with Crippen molar-refractivity contribution in [3.63, 3.8) is 0 Å². The molecule has 3 aromatic rings. The van der Waals surface area contributed by atoms with Gasteiger partial charge in [0.15, 0.2) is 5.69 Å². The van der Waals surface area contributed by atoms with Gasteiger partial charge in [-0.2, -0.15) is 0 Å². The second-order valence-electron chi connectivity index (χ2n) is 8.29. The maximum Gasteiger partial charge on any atom is 0.273 e. The number of aromatic nitrogens is 3. The first kappa shape index (κ1) is 24.3. The highest BCUT2D eigenvalue weighted by Crippen LogP contribution is 2.21. The van der Waals surface area contributed by atoms with Crippen molar-refractivity contribution >= 4 is 29.0 Å². The van der Waals surface area contributed by atoms with Gasteiger partial charge in [-0.1, -0.05) is 17.4 Å². The number of hydrogen-bond donors (Lipinski definition) is 3. The van der Waals surface area contributed by atoms with Crippen molar-refractivity contribution in [3.05, 3.63) is 71.0 Å². The van der Waals surface area contributed by atoms with Crippen LogP contribution in [0.15, 0.2) is 48.5 Å². The number of nitrogens with two attached hydrogens (primary N) is 1. The molecule has 1 fully saturated rings. The minimum absolute atomic E-state index is 0.138. The van der Waals surface area contributed by atoms with Crippen molar-refractivity contribution in [1.29, 1.82) is 0 Å². The lowest BCUT2D eigenvalue weighted by Crippen LogP contribution is -2.27. The van der Waals surface area contributed by atoms with Gasteiger partial charge in [-0.15, -0.1) is 5.10 Å². The number of thiocarbonyl (C=S) groups is 1. The van der Waals surface area contributed by atoms with Crippen molar-refractivity contribution in [3.8, 4) is 11.4 Å². The van der Waals surface area contributed by atoms with E-state index in [4.69, 9.17) is 22.7 Å². The summed E-state index contributed by atoms with van der Waals surface area (Å²) in [6, 6.07) is 14.6. The van der Waals surface area contributed by atoms with Gasteiger partial charge in [0.1, 0.15) is 10.7 Å². The quantitative estimate of drug-likeness (QED) is 0.278. The zero-order chi connectivity index (χ0) is 24.8. The molecule has 0 spiro atoms. The maximum atomic E-state index is 12.8. The Morgan fingerprint density at radius 3 is 2.40 bits per heavy atom. The molecule has 9 nitrogen and oxygen atoms in total. The van der Waals surface area contributed by atoms with Gasteiger partial charge < -0.3 is 21.1 Å². The molecular weight excluding hydrogens is 464 g/mol. The summed E-state index contributed by atoms with van der Waals surface area (Å²) in [4.78, 5) is 25.2. The van der Waals surface area contributed by atoms with Crippen molar-refractivity contribution in [2.24, 2.45) is 5.73 Å². The Morgan fingerprint density at radius 1 is 1.09 bits per heavy atom. The van der Waals surface area contributed by atoms with E-state index in [-0.39, 0.29) is 17.9 Å². The summed E-state index contributed by atoms with van der Waals surface area (Å²) in [5.74, 6) is 0.354. The molecule has 2 amide bonds. The van der Waals surface area contributed by atoms with Crippen LogP contribution in [0.4, 0.5) is 0 Å². The summed E-state index contributed by atoms with van der Waals surface area (Å²) in [5.41, 5.74) is 8.70. The van der Waals surface area contributed by atoms with Crippen LogP contribution in [-0.2, 0) is 6.42 Å². The molecule has 0 bridgehead atoms. The van der Waals surface area contributed by atoms with E-state index in [2.05, 4.69) is 20.9 Å². The minimum atomic E-state index is -0.220. The topological polar surface area (TPSA) is 124 Å². The third-order valence-electron chi connectivity index (χ3n) is 5.57. The fraction of sp³-hybridized carbons (Fsp3) is 0.320. The number of nitrogens with one attached hydrogen (secondary N) is 2. The second-order valence-corrected chi connectivity index (χ2v) is 8.73. The van der Waals surface area contributed by atoms with E-state index < -0.39 is 0 Å². The van der Waals surface area contributed by atoms with E-state index in [0.717, 1.165) is 24.1 Å². The predicted molar refractivity (Wildman–Crippen MR) is 136 cm³/mol. The van der Waals surface area contributed by atoms with Gasteiger partial charge in [-0.05, 0) is 81.1 Å². The Bertz CT molecular complexity index is 1200. The first-order chi connectivity index (χ1) is 17.0. The Hall–Kier alpha value is -3.79. The zero-order valence-corrected chi connectivity index (χ0v) is 20.3. The first-order valence-electron chi connectivity index (χ1n) is 11.6. The molecule has 1 aromatic heterocycles. The highest BCUT2D eigenvalue weighted by atomic mass is 32.1. The molecule has 35 heavy (non-hydrogen) atoms. The van der Waals surface area contributed by atoms with Gasteiger partial charge in [0.2, 0.25) is 0 Å².